The predicted octanol–water partition coefficient (Wildman–Crippen LogP) is 3.26. The fraction of sp³-hybridized carbons (Fsp3) is 0.222. The lowest BCUT2D eigenvalue weighted by Crippen LogP contribution is -1.91. The van der Waals surface area contributed by atoms with Gasteiger partial charge >= 0.3 is 0 Å². The molecule has 3 heteroatoms. The topological polar surface area (TPSA) is 17.1 Å². The van der Waals surface area contributed by atoms with Crippen LogP contribution in [0.4, 0.5) is 0 Å². The van der Waals surface area contributed by atoms with Crippen LogP contribution < -0.4 is 0 Å². The average Bonchev–Trinajstić information content (AvgIpc) is 2.03. The van der Waals surface area contributed by atoms with Crippen molar-refractivity contribution in [1.82, 2.24) is 0 Å². The summed E-state index contributed by atoms with van der Waals surface area (Å²) in [5, 5.41) is 0.618. The summed E-state index contributed by atoms with van der Waals surface area (Å²) in [5.41, 5.74) is 0.673. The molecule has 0 bridgehead atoms. The van der Waals surface area contributed by atoms with Gasteiger partial charge in [-0.25, -0.2) is 0 Å². The van der Waals surface area contributed by atoms with Gasteiger partial charge in [0.05, 0.1) is 0 Å². The number of ketones is 1. The first-order valence-electron chi connectivity index (χ1n) is 3.49. The van der Waals surface area contributed by atoms with Crippen LogP contribution in [0.2, 0.25) is 5.02 Å². The largest absolute Gasteiger partial charge is 0.295 e. The highest BCUT2D eigenvalue weighted by Gasteiger charge is 2.02. The summed E-state index contributed by atoms with van der Waals surface area (Å²) < 4.78 is 0. The lowest BCUT2D eigenvalue weighted by atomic mass is 10.1. The minimum Gasteiger partial charge on any atom is -0.295 e. The summed E-state index contributed by atoms with van der Waals surface area (Å²) >= 11 is 7.39. The molecule has 64 valence electrons. The van der Waals surface area contributed by atoms with Gasteiger partial charge < -0.3 is 0 Å². The number of benzene rings is 1. The number of Topliss-reactive ketones (excluding diaryl/α,β-unsaturated/α-hetero) is 1. The second-order valence-corrected chi connectivity index (χ2v) is 3.75. The van der Waals surface area contributed by atoms with E-state index >= 15 is 0 Å². The lowest BCUT2D eigenvalue weighted by Gasteiger charge is -2.00. The molecular formula is C9H9ClOS. The first-order chi connectivity index (χ1) is 5.63. The highest BCUT2D eigenvalue weighted by molar-refractivity contribution is 7.98. The third-order valence-electron chi connectivity index (χ3n) is 1.51. The van der Waals surface area contributed by atoms with Gasteiger partial charge in [-0.15, -0.1) is 11.8 Å². The summed E-state index contributed by atoms with van der Waals surface area (Å²) in [6, 6.07) is 5.38. The van der Waals surface area contributed by atoms with E-state index in [1.54, 1.807) is 17.8 Å². The maximum atomic E-state index is 11.0. The van der Waals surface area contributed by atoms with Crippen LogP contribution in [0.5, 0.6) is 0 Å². The van der Waals surface area contributed by atoms with Crippen molar-refractivity contribution in [3.8, 4) is 0 Å². The van der Waals surface area contributed by atoms with E-state index in [0.29, 0.717) is 10.6 Å². The normalized spacial score (nSPS) is 9.92. The minimum atomic E-state index is 0.0489. The molecule has 0 spiro atoms. The average molecular weight is 201 g/mol. The highest BCUT2D eigenvalue weighted by atomic mass is 35.5. The number of halogens is 1. The number of thioether (sulfide) groups is 1. The van der Waals surface area contributed by atoms with Gasteiger partial charge in [0.15, 0.2) is 5.78 Å². The Morgan fingerprint density at radius 2 is 2.08 bits per heavy atom. The minimum absolute atomic E-state index is 0.0489. The zero-order chi connectivity index (χ0) is 9.14. The Labute approximate surface area is 81.1 Å². The zero-order valence-corrected chi connectivity index (χ0v) is 8.50. The molecule has 1 nitrogen and oxygen atoms in total. The van der Waals surface area contributed by atoms with Crippen LogP contribution in [-0.4, -0.2) is 12.0 Å². The second-order valence-electron chi connectivity index (χ2n) is 2.44. The van der Waals surface area contributed by atoms with Crippen molar-refractivity contribution in [3.05, 3.63) is 28.8 Å². The second kappa shape index (κ2) is 3.97. The molecule has 0 atom stereocenters. The number of carbonyl (C=O) groups excluding carboxylic acids is 1. The van der Waals surface area contributed by atoms with E-state index < -0.39 is 0 Å². The zero-order valence-electron chi connectivity index (χ0n) is 6.93. The van der Waals surface area contributed by atoms with Crippen molar-refractivity contribution in [1.29, 1.82) is 0 Å². The van der Waals surface area contributed by atoms with E-state index in [0.717, 1.165) is 4.90 Å². The monoisotopic (exact) mass is 200 g/mol. The maximum absolute atomic E-state index is 11.0. The van der Waals surface area contributed by atoms with E-state index in [2.05, 4.69) is 0 Å². The van der Waals surface area contributed by atoms with E-state index in [1.807, 2.05) is 18.4 Å². The maximum Gasteiger partial charge on any atom is 0.159 e. The third kappa shape index (κ3) is 2.26. The van der Waals surface area contributed by atoms with Crippen LogP contribution in [0.25, 0.3) is 0 Å². The van der Waals surface area contributed by atoms with Crippen LogP contribution in [0.1, 0.15) is 17.3 Å². The van der Waals surface area contributed by atoms with Gasteiger partial charge in [0.2, 0.25) is 0 Å². The number of rotatable bonds is 2. The van der Waals surface area contributed by atoms with E-state index in [1.165, 1.54) is 6.92 Å². The van der Waals surface area contributed by atoms with Crippen molar-refractivity contribution in [2.75, 3.05) is 6.26 Å². The van der Waals surface area contributed by atoms with Gasteiger partial charge in [-0.1, -0.05) is 11.6 Å². The highest BCUT2D eigenvalue weighted by Crippen LogP contribution is 2.22. The van der Waals surface area contributed by atoms with Crippen molar-refractivity contribution in [2.45, 2.75) is 11.8 Å². The standard InChI is InChI=1S/C9H9ClOS/c1-6(11)7-3-8(10)5-9(4-7)12-2/h3-5H,1-2H3. The molecule has 0 radical (unpaired) electrons. The Morgan fingerprint density at radius 3 is 2.58 bits per heavy atom. The molecule has 0 amide bonds. The predicted molar refractivity (Wildman–Crippen MR) is 53.2 cm³/mol. The SMILES string of the molecule is CSc1cc(Cl)cc(C(C)=O)c1. The molecule has 1 rings (SSSR count). The summed E-state index contributed by atoms with van der Waals surface area (Å²) in [6.07, 6.45) is 1.95. The molecule has 12 heavy (non-hydrogen) atoms. The first kappa shape index (κ1) is 9.62. The van der Waals surface area contributed by atoms with Gasteiger partial charge in [-0.3, -0.25) is 4.79 Å². The van der Waals surface area contributed by atoms with E-state index in [4.69, 9.17) is 11.6 Å². The van der Waals surface area contributed by atoms with Crippen LogP contribution >= 0.6 is 23.4 Å². The fourth-order valence-electron chi connectivity index (χ4n) is 0.884. The van der Waals surface area contributed by atoms with Gasteiger partial charge in [0, 0.05) is 15.5 Å². The van der Waals surface area contributed by atoms with Crippen LogP contribution in [0.3, 0.4) is 0 Å². The summed E-state index contributed by atoms with van der Waals surface area (Å²) in [5.74, 6) is 0.0489. The Hall–Kier alpha value is -0.470. The van der Waals surface area contributed by atoms with Crippen LogP contribution in [0.15, 0.2) is 23.1 Å². The first-order valence-corrected chi connectivity index (χ1v) is 5.09. The smallest absolute Gasteiger partial charge is 0.159 e. The Balaban J connectivity index is 3.15. The molecule has 0 saturated carbocycles. The number of hydrogen-bond donors (Lipinski definition) is 0. The molecule has 1 aromatic carbocycles. The molecule has 0 saturated heterocycles. The Morgan fingerprint density at radius 1 is 1.42 bits per heavy atom. The molecule has 0 aliphatic heterocycles. The summed E-state index contributed by atoms with van der Waals surface area (Å²) in [4.78, 5) is 12.0. The summed E-state index contributed by atoms with van der Waals surface area (Å²) in [7, 11) is 0. The van der Waals surface area contributed by atoms with Crippen molar-refractivity contribution < 1.29 is 4.79 Å². The van der Waals surface area contributed by atoms with Crippen molar-refractivity contribution in [3.63, 3.8) is 0 Å². The number of carbonyl (C=O) groups is 1. The third-order valence-corrected chi connectivity index (χ3v) is 2.44. The molecular weight excluding hydrogens is 192 g/mol. The van der Waals surface area contributed by atoms with E-state index in [9.17, 15) is 4.79 Å². The fourth-order valence-corrected chi connectivity index (χ4v) is 1.67. The molecule has 0 heterocycles. The number of hydrogen-bond acceptors (Lipinski definition) is 2. The van der Waals surface area contributed by atoms with Gasteiger partial charge in [0.1, 0.15) is 0 Å². The van der Waals surface area contributed by atoms with Gasteiger partial charge in [-0.05, 0) is 31.4 Å². The quantitative estimate of drug-likeness (QED) is 0.539. The van der Waals surface area contributed by atoms with E-state index in [-0.39, 0.29) is 5.78 Å². The molecule has 0 aromatic heterocycles. The lowest BCUT2D eigenvalue weighted by molar-refractivity contribution is 0.101. The van der Waals surface area contributed by atoms with Crippen LogP contribution in [0, 0.1) is 0 Å². The molecule has 0 N–H and O–H groups in total. The van der Waals surface area contributed by atoms with Gasteiger partial charge in [0.25, 0.3) is 0 Å². The van der Waals surface area contributed by atoms with Crippen molar-refractivity contribution in [2.24, 2.45) is 0 Å². The summed E-state index contributed by atoms with van der Waals surface area (Å²) in [6.45, 7) is 1.54. The Kier molecular flexibility index (Phi) is 3.18. The van der Waals surface area contributed by atoms with Crippen LogP contribution in [-0.2, 0) is 0 Å². The molecule has 0 aliphatic carbocycles. The molecule has 0 unspecified atom stereocenters. The molecule has 0 fully saturated rings. The molecule has 0 aliphatic rings. The van der Waals surface area contributed by atoms with Gasteiger partial charge in [-0.2, -0.15) is 0 Å². The van der Waals surface area contributed by atoms with Crippen molar-refractivity contribution >= 4 is 29.1 Å². The Bertz CT molecular complexity index is 309. The molecule has 1 aromatic rings.